The molecule has 1 aromatic carbocycles. The van der Waals surface area contributed by atoms with E-state index >= 15 is 0 Å². The molecule has 0 nitrogen and oxygen atoms in total. The summed E-state index contributed by atoms with van der Waals surface area (Å²) in [6.07, 6.45) is 4.99. The van der Waals surface area contributed by atoms with Crippen LogP contribution in [0.25, 0.3) is 0 Å². The first-order valence-corrected chi connectivity index (χ1v) is 8.44. The highest BCUT2D eigenvalue weighted by molar-refractivity contribution is 6.44. The largest absolute Gasteiger partial charge is 0.133 e. The fraction of sp³-hybridized carbons (Fsp3) is 0.667. The number of rotatable bonds is 6. The number of aryl methyl sites for hydroxylation is 2. The van der Waals surface area contributed by atoms with Crippen LogP contribution in [0.15, 0.2) is 18.2 Å². The van der Waals surface area contributed by atoms with E-state index in [0.717, 1.165) is 17.9 Å². The van der Waals surface area contributed by atoms with Crippen molar-refractivity contribution >= 4 is 23.2 Å². The molecule has 0 saturated carbocycles. The third-order valence-corrected chi connectivity index (χ3v) is 4.16. The van der Waals surface area contributed by atoms with Crippen LogP contribution in [0.4, 0.5) is 0 Å². The van der Waals surface area contributed by atoms with Crippen LogP contribution in [0.1, 0.15) is 68.5 Å². The van der Waals surface area contributed by atoms with Crippen LogP contribution in [-0.2, 0) is 6.42 Å². The summed E-state index contributed by atoms with van der Waals surface area (Å²) in [5.74, 6) is 0.797. The molecule has 20 heavy (non-hydrogen) atoms. The van der Waals surface area contributed by atoms with E-state index in [2.05, 4.69) is 52.8 Å². The maximum absolute atomic E-state index is 5.93. The summed E-state index contributed by atoms with van der Waals surface area (Å²) in [5.41, 5.74) is 4.05. The van der Waals surface area contributed by atoms with E-state index in [1.807, 2.05) is 0 Å². The van der Waals surface area contributed by atoms with Crippen LogP contribution in [0.5, 0.6) is 0 Å². The smallest absolute Gasteiger partial charge is 0.100 e. The monoisotopic (exact) mass is 314 g/mol. The summed E-state index contributed by atoms with van der Waals surface area (Å²) in [6, 6.07) is 6.45. The molecule has 114 valence electrons. The molecule has 0 aliphatic rings. The zero-order chi connectivity index (χ0) is 15.3. The van der Waals surface area contributed by atoms with Crippen LogP contribution in [0, 0.1) is 18.3 Å². The molecule has 0 radical (unpaired) electrons. The van der Waals surface area contributed by atoms with E-state index in [4.69, 9.17) is 23.2 Å². The minimum absolute atomic E-state index is 0.421. The fourth-order valence-electron chi connectivity index (χ4n) is 2.94. The minimum atomic E-state index is -0.421. The first-order valence-electron chi connectivity index (χ1n) is 7.56. The molecule has 0 aliphatic carbocycles. The Kier molecular flexibility index (Phi) is 6.88. The van der Waals surface area contributed by atoms with Gasteiger partial charge in [-0.15, -0.1) is 23.2 Å². The van der Waals surface area contributed by atoms with Gasteiger partial charge in [0.2, 0.25) is 0 Å². The highest BCUT2D eigenvalue weighted by Gasteiger charge is 2.15. The van der Waals surface area contributed by atoms with Crippen LogP contribution < -0.4 is 0 Å². The Labute approximate surface area is 134 Å². The van der Waals surface area contributed by atoms with Crippen molar-refractivity contribution in [3.8, 4) is 0 Å². The Hall–Kier alpha value is -0.200. The average molecular weight is 315 g/mol. The predicted octanol–water partition coefficient (Wildman–Crippen LogP) is 6.87. The van der Waals surface area contributed by atoms with E-state index in [0.29, 0.717) is 5.41 Å². The molecule has 0 fully saturated rings. The second-order valence-electron chi connectivity index (χ2n) is 7.25. The molecule has 0 aromatic heterocycles. The minimum Gasteiger partial charge on any atom is -0.100 e. The molecule has 1 unspecified atom stereocenters. The zero-order valence-corrected chi connectivity index (χ0v) is 15.0. The van der Waals surface area contributed by atoms with E-state index in [9.17, 15) is 0 Å². The van der Waals surface area contributed by atoms with E-state index < -0.39 is 4.84 Å². The molecule has 0 amide bonds. The van der Waals surface area contributed by atoms with Crippen LogP contribution in [-0.4, -0.2) is 0 Å². The predicted molar refractivity (Wildman–Crippen MR) is 91.8 cm³/mol. The molecule has 0 bridgehead atoms. The SMILES string of the molecule is Cc1cc(CCCC(C)CC(C)(C)C)ccc1C(Cl)Cl. The van der Waals surface area contributed by atoms with Crippen molar-refractivity contribution < 1.29 is 0 Å². The van der Waals surface area contributed by atoms with Crippen LogP contribution in [0.3, 0.4) is 0 Å². The maximum atomic E-state index is 5.93. The third kappa shape index (κ3) is 6.50. The number of halogens is 2. The molecular weight excluding hydrogens is 287 g/mol. The van der Waals surface area contributed by atoms with Crippen molar-refractivity contribution in [3.05, 3.63) is 34.9 Å². The average Bonchev–Trinajstić information content (AvgIpc) is 2.25. The van der Waals surface area contributed by atoms with Gasteiger partial charge in [-0.3, -0.25) is 0 Å². The lowest BCUT2D eigenvalue weighted by molar-refractivity contribution is 0.293. The molecule has 0 heterocycles. The topological polar surface area (TPSA) is 0 Å². The lowest BCUT2D eigenvalue weighted by atomic mass is 9.83. The summed E-state index contributed by atoms with van der Waals surface area (Å²) in [6.45, 7) is 11.4. The molecule has 0 spiro atoms. The summed E-state index contributed by atoms with van der Waals surface area (Å²) >= 11 is 11.9. The Morgan fingerprint density at radius 3 is 2.30 bits per heavy atom. The van der Waals surface area contributed by atoms with Gasteiger partial charge < -0.3 is 0 Å². The molecule has 1 atom stereocenters. The van der Waals surface area contributed by atoms with E-state index in [1.54, 1.807) is 0 Å². The van der Waals surface area contributed by atoms with E-state index in [-0.39, 0.29) is 0 Å². The van der Waals surface area contributed by atoms with Gasteiger partial charge in [0, 0.05) is 0 Å². The quantitative estimate of drug-likeness (QED) is 0.503. The Morgan fingerprint density at radius 2 is 1.80 bits per heavy atom. The van der Waals surface area contributed by atoms with Gasteiger partial charge in [0.15, 0.2) is 0 Å². The highest BCUT2D eigenvalue weighted by atomic mass is 35.5. The Bertz CT molecular complexity index is 416. The number of benzene rings is 1. The van der Waals surface area contributed by atoms with Gasteiger partial charge in [0.25, 0.3) is 0 Å². The Morgan fingerprint density at radius 1 is 1.15 bits per heavy atom. The molecule has 2 heteroatoms. The molecule has 0 aliphatic heterocycles. The standard InChI is InChI=1S/C18H28Cl2/c1-13(12-18(3,4)5)7-6-8-15-9-10-16(17(19)20)14(2)11-15/h9-11,13,17H,6-8,12H2,1-5H3. The number of alkyl halides is 2. The Balaban J connectivity index is 2.45. The van der Waals surface area contributed by atoms with Gasteiger partial charge >= 0.3 is 0 Å². The maximum Gasteiger partial charge on any atom is 0.133 e. The number of hydrogen-bond donors (Lipinski definition) is 0. The summed E-state index contributed by atoms with van der Waals surface area (Å²) in [5, 5.41) is 0. The van der Waals surface area contributed by atoms with Crippen LogP contribution in [0.2, 0.25) is 0 Å². The van der Waals surface area contributed by atoms with Crippen LogP contribution >= 0.6 is 23.2 Å². The highest BCUT2D eigenvalue weighted by Crippen LogP contribution is 2.29. The van der Waals surface area contributed by atoms with Gasteiger partial charge in [-0.05, 0) is 54.2 Å². The molecule has 0 saturated heterocycles. The van der Waals surface area contributed by atoms with Crippen molar-refractivity contribution in [1.82, 2.24) is 0 Å². The molecule has 0 N–H and O–H groups in total. The fourth-order valence-corrected chi connectivity index (χ4v) is 3.43. The molecule has 1 rings (SSSR count). The van der Waals surface area contributed by atoms with Crippen molar-refractivity contribution in [2.24, 2.45) is 11.3 Å². The summed E-state index contributed by atoms with van der Waals surface area (Å²) in [7, 11) is 0. The van der Waals surface area contributed by atoms with Gasteiger partial charge in [-0.2, -0.15) is 0 Å². The first-order chi connectivity index (χ1) is 9.19. The molecule has 1 aromatic rings. The number of hydrogen-bond acceptors (Lipinski definition) is 0. The first kappa shape index (κ1) is 17.9. The van der Waals surface area contributed by atoms with Crippen molar-refractivity contribution in [2.75, 3.05) is 0 Å². The second-order valence-corrected chi connectivity index (χ2v) is 8.35. The van der Waals surface area contributed by atoms with Crippen molar-refractivity contribution in [1.29, 1.82) is 0 Å². The zero-order valence-electron chi connectivity index (χ0n) is 13.5. The van der Waals surface area contributed by atoms with Gasteiger partial charge in [0.1, 0.15) is 4.84 Å². The molecular formula is C18H28Cl2. The summed E-state index contributed by atoms with van der Waals surface area (Å²) in [4.78, 5) is -0.421. The normalized spacial score (nSPS) is 13.8. The lowest BCUT2D eigenvalue weighted by Gasteiger charge is -2.23. The van der Waals surface area contributed by atoms with Gasteiger partial charge in [0.05, 0.1) is 0 Å². The van der Waals surface area contributed by atoms with Crippen molar-refractivity contribution in [3.63, 3.8) is 0 Å². The third-order valence-electron chi connectivity index (χ3n) is 3.69. The van der Waals surface area contributed by atoms with E-state index in [1.165, 1.54) is 30.4 Å². The lowest BCUT2D eigenvalue weighted by Crippen LogP contribution is -2.11. The van der Waals surface area contributed by atoms with Crippen molar-refractivity contribution in [2.45, 2.75) is 65.1 Å². The van der Waals surface area contributed by atoms with Gasteiger partial charge in [-0.1, -0.05) is 52.3 Å². The summed E-state index contributed by atoms with van der Waals surface area (Å²) < 4.78 is 0. The van der Waals surface area contributed by atoms with Gasteiger partial charge in [-0.25, -0.2) is 0 Å². The second kappa shape index (κ2) is 7.71.